The Hall–Kier alpha value is -2.99. The molecule has 6 heteroatoms. The van der Waals surface area contributed by atoms with Crippen LogP contribution in [0.3, 0.4) is 0 Å². The molecule has 0 bridgehead atoms. The van der Waals surface area contributed by atoms with Crippen LogP contribution >= 0.6 is 0 Å². The number of carbonyl (C=O) groups is 3. The summed E-state index contributed by atoms with van der Waals surface area (Å²) in [4.78, 5) is 44.2. The first-order valence-corrected chi connectivity index (χ1v) is 10.2. The van der Waals surface area contributed by atoms with Crippen LogP contribution in [0, 0.1) is 18.8 Å². The van der Waals surface area contributed by atoms with Crippen molar-refractivity contribution < 1.29 is 14.4 Å². The van der Waals surface area contributed by atoms with Gasteiger partial charge in [0, 0.05) is 17.3 Å². The van der Waals surface area contributed by atoms with Crippen LogP contribution in [-0.4, -0.2) is 35.2 Å². The van der Waals surface area contributed by atoms with Crippen molar-refractivity contribution in [3.63, 3.8) is 0 Å². The molecule has 1 spiro atoms. The maximum atomic E-state index is 13.7. The fourth-order valence-electron chi connectivity index (χ4n) is 6.15. The van der Waals surface area contributed by atoms with Crippen molar-refractivity contribution in [1.82, 2.24) is 4.90 Å². The predicted molar refractivity (Wildman–Crippen MR) is 107 cm³/mol. The highest BCUT2D eigenvalue weighted by atomic mass is 16.2. The van der Waals surface area contributed by atoms with Gasteiger partial charge in [-0.25, -0.2) is 4.90 Å². The highest BCUT2D eigenvalue weighted by Crippen LogP contribution is 2.60. The van der Waals surface area contributed by atoms with Gasteiger partial charge in [-0.05, 0) is 44.5 Å². The summed E-state index contributed by atoms with van der Waals surface area (Å²) in [6.07, 6.45) is 1.76. The standard InChI is InChI=1S/C23H21N3O3/c1-13-9-10-16-15(12-13)23(22(29)24-16)19-18(17-8-5-11-25(17)23)20(27)26(21(19)28)14-6-3-2-4-7-14/h2-4,6-7,9-10,12,17-19H,5,8,11H2,1H3,(H,24,29)/t17-,18-,19-,23-/m1/s1. The van der Waals surface area contributed by atoms with Crippen molar-refractivity contribution in [1.29, 1.82) is 0 Å². The topological polar surface area (TPSA) is 69.7 Å². The van der Waals surface area contributed by atoms with Crippen LogP contribution in [0.15, 0.2) is 48.5 Å². The third-order valence-corrected chi connectivity index (χ3v) is 7.16. The number of hydrogen-bond acceptors (Lipinski definition) is 4. The number of aryl methyl sites for hydroxylation is 1. The highest BCUT2D eigenvalue weighted by Gasteiger charge is 2.74. The molecule has 3 saturated heterocycles. The van der Waals surface area contributed by atoms with Gasteiger partial charge in [0.2, 0.25) is 17.7 Å². The van der Waals surface area contributed by atoms with Crippen LogP contribution in [0.5, 0.6) is 0 Å². The zero-order valence-electron chi connectivity index (χ0n) is 16.1. The van der Waals surface area contributed by atoms with Crippen LogP contribution in [0.4, 0.5) is 11.4 Å². The van der Waals surface area contributed by atoms with E-state index in [2.05, 4.69) is 10.2 Å². The van der Waals surface area contributed by atoms with Gasteiger partial charge in [-0.1, -0.05) is 35.9 Å². The highest BCUT2D eigenvalue weighted by molar-refractivity contribution is 6.25. The second kappa shape index (κ2) is 5.54. The monoisotopic (exact) mass is 387 g/mol. The average molecular weight is 387 g/mol. The first-order chi connectivity index (χ1) is 14.0. The number of rotatable bonds is 1. The van der Waals surface area contributed by atoms with Crippen LogP contribution in [-0.2, 0) is 19.9 Å². The second-order valence-electron chi connectivity index (χ2n) is 8.52. The number of amides is 3. The van der Waals surface area contributed by atoms with E-state index in [0.29, 0.717) is 5.69 Å². The molecule has 29 heavy (non-hydrogen) atoms. The maximum absolute atomic E-state index is 13.7. The Morgan fingerprint density at radius 3 is 2.62 bits per heavy atom. The van der Waals surface area contributed by atoms with Gasteiger partial charge >= 0.3 is 0 Å². The zero-order valence-corrected chi connectivity index (χ0v) is 16.1. The number of imide groups is 1. The van der Waals surface area contributed by atoms with Gasteiger partial charge < -0.3 is 5.32 Å². The lowest BCUT2D eigenvalue weighted by atomic mass is 9.75. The van der Waals surface area contributed by atoms with Crippen molar-refractivity contribution >= 4 is 29.1 Å². The summed E-state index contributed by atoms with van der Waals surface area (Å²) in [5, 5.41) is 3.01. The van der Waals surface area contributed by atoms with Gasteiger partial charge in [0.1, 0.15) is 5.54 Å². The number of para-hydroxylation sites is 1. The smallest absolute Gasteiger partial charge is 0.250 e. The Kier molecular flexibility index (Phi) is 3.23. The first kappa shape index (κ1) is 16.9. The molecule has 3 amide bonds. The fourth-order valence-corrected chi connectivity index (χ4v) is 6.15. The Morgan fingerprint density at radius 1 is 1.03 bits per heavy atom. The Morgan fingerprint density at radius 2 is 1.83 bits per heavy atom. The van der Waals surface area contributed by atoms with Gasteiger partial charge in [-0.3, -0.25) is 19.3 Å². The molecule has 0 radical (unpaired) electrons. The Bertz CT molecular complexity index is 1080. The van der Waals surface area contributed by atoms with Crippen LogP contribution in [0.25, 0.3) is 0 Å². The number of nitrogens with one attached hydrogen (secondary N) is 1. The van der Waals surface area contributed by atoms with Crippen molar-refractivity contribution in [3.05, 3.63) is 59.7 Å². The SMILES string of the molecule is Cc1ccc2c(c1)[C@]1(C(=O)N2)[C@H]2C(=O)N(c3ccccc3)C(=O)[C@@H]2[C@H]2CCCN21. The number of carbonyl (C=O) groups excluding carboxylic acids is 3. The Labute approximate surface area is 168 Å². The van der Waals surface area contributed by atoms with Crippen molar-refractivity contribution in [3.8, 4) is 0 Å². The lowest BCUT2D eigenvalue weighted by molar-refractivity contribution is -0.135. The van der Waals surface area contributed by atoms with Gasteiger partial charge in [0.05, 0.1) is 17.5 Å². The number of nitrogens with zero attached hydrogens (tertiary/aromatic N) is 2. The van der Waals surface area contributed by atoms with E-state index in [0.717, 1.165) is 36.2 Å². The summed E-state index contributed by atoms with van der Waals surface area (Å²) in [6, 6.07) is 14.9. The molecular weight excluding hydrogens is 366 g/mol. The van der Waals surface area contributed by atoms with Crippen molar-refractivity contribution in [2.24, 2.45) is 11.8 Å². The van der Waals surface area contributed by atoms with Gasteiger partial charge in [-0.2, -0.15) is 0 Å². The zero-order chi connectivity index (χ0) is 19.9. The summed E-state index contributed by atoms with van der Waals surface area (Å²) in [7, 11) is 0. The first-order valence-electron chi connectivity index (χ1n) is 10.2. The summed E-state index contributed by atoms with van der Waals surface area (Å²) < 4.78 is 0. The minimum absolute atomic E-state index is 0.0811. The lowest BCUT2D eigenvalue weighted by Crippen LogP contribution is -2.54. The summed E-state index contributed by atoms with van der Waals surface area (Å²) in [6.45, 7) is 2.72. The van der Waals surface area contributed by atoms with E-state index in [-0.39, 0.29) is 23.8 Å². The van der Waals surface area contributed by atoms with Gasteiger partial charge in [0.15, 0.2) is 0 Å². The fraction of sp³-hybridized carbons (Fsp3) is 0.348. The third kappa shape index (κ3) is 1.88. The molecule has 0 aliphatic carbocycles. The maximum Gasteiger partial charge on any atom is 0.250 e. The molecule has 4 aliphatic rings. The van der Waals surface area contributed by atoms with Gasteiger partial charge in [-0.15, -0.1) is 0 Å². The predicted octanol–water partition coefficient (Wildman–Crippen LogP) is 2.43. The largest absolute Gasteiger partial charge is 0.324 e. The van der Waals surface area contributed by atoms with E-state index in [9.17, 15) is 14.4 Å². The van der Waals surface area contributed by atoms with Crippen LogP contribution in [0.2, 0.25) is 0 Å². The lowest BCUT2D eigenvalue weighted by Gasteiger charge is -2.36. The normalized spacial score (nSPS) is 32.7. The molecule has 4 aliphatic heterocycles. The van der Waals surface area contributed by atoms with E-state index in [1.807, 2.05) is 43.3 Å². The molecular formula is C23H21N3O3. The van der Waals surface area contributed by atoms with Crippen molar-refractivity contribution in [2.45, 2.75) is 31.3 Å². The number of hydrogen-bond donors (Lipinski definition) is 1. The van der Waals surface area contributed by atoms with E-state index >= 15 is 0 Å². The minimum Gasteiger partial charge on any atom is -0.324 e. The molecule has 0 aromatic heterocycles. The summed E-state index contributed by atoms with van der Waals surface area (Å²) in [5.41, 5.74) is 2.13. The van der Waals surface area contributed by atoms with E-state index < -0.39 is 17.4 Å². The van der Waals surface area contributed by atoms with E-state index in [1.54, 1.807) is 12.1 Å². The molecule has 146 valence electrons. The molecule has 4 atom stereocenters. The van der Waals surface area contributed by atoms with Crippen molar-refractivity contribution in [2.75, 3.05) is 16.8 Å². The quantitative estimate of drug-likeness (QED) is 0.763. The molecule has 2 aromatic rings. The average Bonchev–Trinajstić information content (AvgIpc) is 3.41. The molecule has 6 rings (SSSR count). The minimum atomic E-state index is -1.09. The van der Waals surface area contributed by atoms with E-state index in [1.165, 1.54) is 4.90 Å². The van der Waals surface area contributed by atoms with Crippen LogP contribution in [0.1, 0.15) is 24.0 Å². The van der Waals surface area contributed by atoms with Gasteiger partial charge in [0.25, 0.3) is 0 Å². The molecule has 1 N–H and O–H groups in total. The summed E-state index contributed by atoms with van der Waals surface area (Å²) in [5.74, 6) is -1.78. The second-order valence-corrected chi connectivity index (χ2v) is 8.52. The number of fused-ring (bicyclic) bond motifs is 7. The third-order valence-electron chi connectivity index (χ3n) is 7.16. The van der Waals surface area contributed by atoms with Crippen LogP contribution < -0.4 is 10.2 Å². The molecule has 0 unspecified atom stereocenters. The Balaban J connectivity index is 1.58. The summed E-state index contributed by atoms with van der Waals surface area (Å²) >= 11 is 0. The van der Waals surface area contributed by atoms with E-state index in [4.69, 9.17) is 0 Å². The molecule has 2 aromatic carbocycles. The number of anilines is 2. The molecule has 6 nitrogen and oxygen atoms in total. The molecule has 3 fully saturated rings. The molecule has 0 saturated carbocycles. The number of benzene rings is 2. The molecule has 4 heterocycles.